The summed E-state index contributed by atoms with van der Waals surface area (Å²) in [6, 6.07) is 6.57. The highest BCUT2D eigenvalue weighted by molar-refractivity contribution is 6.31. The van der Waals surface area contributed by atoms with Crippen molar-refractivity contribution >= 4 is 23.5 Å². The molecule has 11 heteroatoms. The lowest BCUT2D eigenvalue weighted by atomic mass is 10.0. The molecule has 1 spiro atoms. The molecule has 3 heterocycles. The molecular formula is C23H20ClF3N6O. The smallest absolute Gasteiger partial charge is 0.352 e. The van der Waals surface area contributed by atoms with Gasteiger partial charge in [-0.15, -0.1) is 0 Å². The molecule has 7 nitrogen and oxygen atoms in total. The van der Waals surface area contributed by atoms with Crippen molar-refractivity contribution in [3.63, 3.8) is 0 Å². The molecule has 0 unspecified atom stereocenters. The fraction of sp³-hybridized carbons (Fsp3) is 0.348. The van der Waals surface area contributed by atoms with E-state index in [4.69, 9.17) is 11.6 Å². The lowest BCUT2D eigenvalue weighted by molar-refractivity contribution is -0.138. The van der Waals surface area contributed by atoms with Gasteiger partial charge in [-0.25, -0.2) is 19.9 Å². The summed E-state index contributed by atoms with van der Waals surface area (Å²) >= 11 is 6.23. The number of aromatic nitrogens is 4. The number of carbonyl (C=O) groups is 1. The fourth-order valence-electron chi connectivity index (χ4n) is 4.38. The van der Waals surface area contributed by atoms with E-state index in [2.05, 4.69) is 25.3 Å². The number of halogens is 4. The molecule has 2 fully saturated rings. The van der Waals surface area contributed by atoms with Gasteiger partial charge in [0.2, 0.25) is 5.95 Å². The van der Waals surface area contributed by atoms with E-state index < -0.39 is 11.7 Å². The van der Waals surface area contributed by atoms with Gasteiger partial charge in [0.1, 0.15) is 0 Å². The van der Waals surface area contributed by atoms with Gasteiger partial charge in [-0.05, 0) is 48.9 Å². The first-order valence-corrected chi connectivity index (χ1v) is 11.1. The van der Waals surface area contributed by atoms with E-state index in [1.807, 2.05) is 4.90 Å². The van der Waals surface area contributed by atoms with E-state index in [-0.39, 0.29) is 23.3 Å². The zero-order valence-electron chi connectivity index (χ0n) is 17.9. The number of nitrogens with zero attached hydrogens (tertiary/aromatic N) is 5. The van der Waals surface area contributed by atoms with Crippen molar-refractivity contribution in [2.24, 2.45) is 5.41 Å². The minimum absolute atomic E-state index is 0.0817. The number of likely N-dealkylation sites (tertiary alicyclic amines) is 1. The molecule has 1 aliphatic heterocycles. The van der Waals surface area contributed by atoms with Crippen LogP contribution in [-0.4, -0.2) is 49.9 Å². The highest BCUT2D eigenvalue weighted by atomic mass is 35.5. The van der Waals surface area contributed by atoms with Gasteiger partial charge in [-0.1, -0.05) is 11.6 Å². The predicted molar refractivity (Wildman–Crippen MR) is 119 cm³/mol. The Kier molecular flexibility index (Phi) is 5.63. The predicted octanol–water partition coefficient (Wildman–Crippen LogP) is 4.71. The van der Waals surface area contributed by atoms with Crippen LogP contribution in [0, 0.1) is 5.41 Å². The molecule has 0 radical (unpaired) electrons. The lowest BCUT2D eigenvalue weighted by Gasteiger charge is -2.26. The van der Waals surface area contributed by atoms with Crippen LogP contribution in [0.3, 0.4) is 0 Å². The highest BCUT2D eigenvalue weighted by Gasteiger charge is 2.53. The van der Waals surface area contributed by atoms with E-state index in [1.165, 1.54) is 0 Å². The maximum atomic E-state index is 13.7. The minimum atomic E-state index is -4.50. The summed E-state index contributed by atoms with van der Waals surface area (Å²) in [6.07, 6.45) is 3.07. The van der Waals surface area contributed by atoms with Crippen LogP contribution in [0.15, 0.2) is 49.1 Å². The number of anilines is 1. The van der Waals surface area contributed by atoms with Crippen LogP contribution in [0.25, 0.3) is 11.4 Å². The third-order valence-electron chi connectivity index (χ3n) is 6.33. The summed E-state index contributed by atoms with van der Waals surface area (Å²) in [7, 11) is 0. The molecular weight excluding hydrogens is 469 g/mol. The normalized spacial score (nSPS) is 18.8. The monoisotopic (exact) mass is 488 g/mol. The molecule has 1 saturated carbocycles. The third-order valence-corrected chi connectivity index (χ3v) is 6.56. The molecule has 2 aromatic heterocycles. The quantitative estimate of drug-likeness (QED) is 0.560. The zero-order valence-corrected chi connectivity index (χ0v) is 18.6. The molecule has 5 rings (SSSR count). The Labute approximate surface area is 198 Å². The molecule has 1 aromatic carbocycles. The number of hydrogen-bond acceptors (Lipinski definition) is 6. The topological polar surface area (TPSA) is 83.9 Å². The first-order valence-electron chi connectivity index (χ1n) is 10.8. The average molecular weight is 489 g/mol. The molecule has 0 bridgehead atoms. The van der Waals surface area contributed by atoms with Gasteiger partial charge in [0, 0.05) is 54.5 Å². The second-order valence-electron chi connectivity index (χ2n) is 8.73. The molecule has 1 amide bonds. The van der Waals surface area contributed by atoms with Crippen LogP contribution in [0.4, 0.5) is 19.1 Å². The average Bonchev–Trinajstić information content (AvgIpc) is 3.48. The Morgan fingerprint density at radius 3 is 2.50 bits per heavy atom. The number of hydrogen-bond donors (Lipinski definition) is 1. The van der Waals surface area contributed by atoms with Gasteiger partial charge in [0.25, 0.3) is 5.91 Å². The van der Waals surface area contributed by atoms with Crippen molar-refractivity contribution in [1.82, 2.24) is 24.8 Å². The van der Waals surface area contributed by atoms with Crippen LogP contribution in [0.2, 0.25) is 5.02 Å². The number of benzene rings is 1. The van der Waals surface area contributed by atoms with E-state index in [0.717, 1.165) is 31.7 Å². The zero-order chi connectivity index (χ0) is 23.9. The van der Waals surface area contributed by atoms with Crippen molar-refractivity contribution in [3.05, 3.63) is 65.2 Å². The van der Waals surface area contributed by atoms with Crippen LogP contribution < -0.4 is 5.32 Å². The second-order valence-corrected chi connectivity index (χ2v) is 9.16. The van der Waals surface area contributed by atoms with E-state index in [1.54, 1.807) is 36.7 Å². The van der Waals surface area contributed by atoms with Crippen molar-refractivity contribution in [2.75, 3.05) is 18.4 Å². The molecule has 1 aliphatic carbocycles. The van der Waals surface area contributed by atoms with Crippen molar-refractivity contribution in [2.45, 2.75) is 31.5 Å². The maximum Gasteiger partial charge on any atom is 0.419 e. The van der Waals surface area contributed by atoms with E-state index >= 15 is 0 Å². The van der Waals surface area contributed by atoms with Crippen LogP contribution in [0.1, 0.15) is 35.2 Å². The fourth-order valence-corrected chi connectivity index (χ4v) is 4.55. The highest BCUT2D eigenvalue weighted by Crippen LogP contribution is 2.55. The van der Waals surface area contributed by atoms with Crippen LogP contribution in [0.5, 0.6) is 0 Å². The second kappa shape index (κ2) is 8.50. The minimum Gasteiger partial charge on any atom is -0.352 e. The summed E-state index contributed by atoms with van der Waals surface area (Å²) in [5.74, 6) is 0.322. The van der Waals surface area contributed by atoms with Gasteiger partial charge < -0.3 is 10.2 Å². The Balaban J connectivity index is 1.37. The molecule has 176 valence electrons. The first kappa shape index (κ1) is 22.5. The number of rotatable bonds is 5. The number of nitrogens with one attached hydrogen (secondary N) is 1. The summed E-state index contributed by atoms with van der Waals surface area (Å²) in [6.45, 7) is 0.921. The molecule has 1 atom stereocenters. The van der Waals surface area contributed by atoms with Gasteiger partial charge >= 0.3 is 6.18 Å². The van der Waals surface area contributed by atoms with E-state index in [9.17, 15) is 18.0 Å². The number of carbonyl (C=O) groups excluding carboxylic acids is 1. The molecule has 1 N–H and O–H groups in total. The largest absolute Gasteiger partial charge is 0.419 e. The third kappa shape index (κ3) is 4.54. The lowest BCUT2D eigenvalue weighted by Crippen LogP contribution is -2.40. The molecule has 34 heavy (non-hydrogen) atoms. The van der Waals surface area contributed by atoms with Gasteiger partial charge in [-0.3, -0.25) is 4.79 Å². The summed E-state index contributed by atoms with van der Waals surface area (Å²) in [4.78, 5) is 31.6. The van der Waals surface area contributed by atoms with Gasteiger partial charge in [-0.2, -0.15) is 13.2 Å². The molecule has 3 aromatic rings. The van der Waals surface area contributed by atoms with E-state index in [0.29, 0.717) is 35.1 Å². The Bertz CT molecular complexity index is 1200. The van der Waals surface area contributed by atoms with Crippen molar-refractivity contribution < 1.29 is 18.0 Å². The number of alkyl halides is 3. The van der Waals surface area contributed by atoms with Crippen LogP contribution >= 0.6 is 11.6 Å². The van der Waals surface area contributed by atoms with Gasteiger partial charge in [0.05, 0.1) is 11.1 Å². The Morgan fingerprint density at radius 1 is 1.15 bits per heavy atom. The SMILES string of the molecule is O=C(c1cc(Cl)ccc1-c1ncccn1)N1CC2(CC2)C[C@H]1CNc1ncc(C(F)(F)F)cn1. The maximum absolute atomic E-state index is 13.7. The first-order chi connectivity index (χ1) is 16.2. The van der Waals surface area contributed by atoms with Crippen molar-refractivity contribution in [3.8, 4) is 11.4 Å². The molecule has 2 aliphatic rings. The standard InChI is InChI=1S/C23H20ClF3N6O/c24-15-2-3-17(19-28-6-1-7-29-19)18(8-15)20(34)33-13-22(4-5-22)9-16(33)12-32-21-30-10-14(11-31-21)23(25,26)27/h1-3,6-8,10-11,16H,4-5,9,12-13H2,(H,30,31,32)/t16-/m0/s1. The van der Waals surface area contributed by atoms with Crippen molar-refractivity contribution in [1.29, 1.82) is 0 Å². The summed E-state index contributed by atoms with van der Waals surface area (Å²) in [5, 5.41) is 3.42. The summed E-state index contributed by atoms with van der Waals surface area (Å²) < 4.78 is 38.3. The summed E-state index contributed by atoms with van der Waals surface area (Å²) in [5.41, 5.74) is 0.173. The Hall–Kier alpha value is -3.27. The van der Waals surface area contributed by atoms with Gasteiger partial charge in [0.15, 0.2) is 5.82 Å². The number of amides is 1. The molecule has 1 saturated heterocycles. The van der Waals surface area contributed by atoms with Crippen LogP contribution in [-0.2, 0) is 6.18 Å². The Morgan fingerprint density at radius 2 is 1.85 bits per heavy atom.